The molecule has 3 N–H and O–H groups in total. The number of aromatic nitrogens is 3. The molecule has 172 valence electrons. The van der Waals surface area contributed by atoms with Gasteiger partial charge in [0, 0.05) is 31.9 Å². The van der Waals surface area contributed by atoms with Crippen molar-refractivity contribution in [1.82, 2.24) is 19.4 Å². The van der Waals surface area contributed by atoms with Gasteiger partial charge in [-0.2, -0.15) is 0 Å². The zero-order chi connectivity index (χ0) is 22.7. The van der Waals surface area contributed by atoms with Gasteiger partial charge in [0.1, 0.15) is 11.4 Å². The first-order valence-corrected chi connectivity index (χ1v) is 11.3. The van der Waals surface area contributed by atoms with Gasteiger partial charge in [-0.15, -0.1) is 0 Å². The molecule has 0 unspecified atom stereocenters. The van der Waals surface area contributed by atoms with E-state index >= 15 is 0 Å². The highest BCUT2D eigenvalue weighted by Crippen LogP contribution is 2.25. The molecule has 0 amide bonds. The van der Waals surface area contributed by atoms with Gasteiger partial charge in [0.05, 0.1) is 36.4 Å². The van der Waals surface area contributed by atoms with E-state index in [4.69, 9.17) is 9.72 Å². The number of aryl methyl sites for hydroxylation is 1. The number of anilines is 1. The molecular weight excluding hydrogens is 406 g/mol. The van der Waals surface area contributed by atoms with Crippen LogP contribution in [0.1, 0.15) is 37.2 Å². The molecule has 1 aromatic carbocycles. The predicted octanol–water partition coefficient (Wildman–Crippen LogP) is 2.90. The average molecular weight is 440 g/mol. The van der Waals surface area contributed by atoms with Crippen molar-refractivity contribution in [1.29, 1.82) is 0 Å². The van der Waals surface area contributed by atoms with Crippen LogP contribution in [-0.4, -0.2) is 68.0 Å². The molecule has 0 spiro atoms. The van der Waals surface area contributed by atoms with Crippen LogP contribution in [0.15, 0.2) is 30.3 Å². The predicted molar refractivity (Wildman–Crippen MR) is 125 cm³/mol. The van der Waals surface area contributed by atoms with E-state index in [1.807, 2.05) is 29.7 Å². The molecule has 1 saturated heterocycles. The highest BCUT2D eigenvalue weighted by molar-refractivity contribution is 5.79. The van der Waals surface area contributed by atoms with E-state index in [0.717, 1.165) is 60.8 Å². The lowest BCUT2D eigenvalue weighted by molar-refractivity contribution is -0.0678. The number of pyridine rings is 1. The van der Waals surface area contributed by atoms with Gasteiger partial charge in [-0.05, 0) is 57.0 Å². The highest BCUT2D eigenvalue weighted by Gasteiger charge is 2.21. The summed E-state index contributed by atoms with van der Waals surface area (Å²) in [5.74, 6) is 0.902. The SMILES string of the molecule is Cc1ccc(O)c(Cn2c(NCCCN3C[C@@H](C)O[C@@H](C)C3)nc3ccc(CO)cc32)n1. The molecule has 4 rings (SSSR count). The van der Waals surface area contributed by atoms with Gasteiger partial charge in [-0.1, -0.05) is 6.07 Å². The van der Waals surface area contributed by atoms with Crippen molar-refractivity contribution in [2.45, 2.75) is 52.6 Å². The van der Waals surface area contributed by atoms with E-state index < -0.39 is 0 Å². The van der Waals surface area contributed by atoms with E-state index in [0.29, 0.717) is 12.2 Å². The number of hydrogen-bond donors (Lipinski definition) is 3. The monoisotopic (exact) mass is 439 g/mol. The van der Waals surface area contributed by atoms with Crippen LogP contribution < -0.4 is 5.32 Å². The van der Waals surface area contributed by atoms with Gasteiger partial charge in [-0.3, -0.25) is 9.88 Å². The second kappa shape index (κ2) is 9.85. The summed E-state index contributed by atoms with van der Waals surface area (Å²) in [7, 11) is 0. The number of fused-ring (bicyclic) bond motifs is 1. The van der Waals surface area contributed by atoms with Crippen molar-refractivity contribution in [3.63, 3.8) is 0 Å². The van der Waals surface area contributed by atoms with E-state index in [-0.39, 0.29) is 24.6 Å². The largest absolute Gasteiger partial charge is 0.506 e. The molecule has 3 aromatic rings. The van der Waals surface area contributed by atoms with Gasteiger partial charge < -0.3 is 24.8 Å². The number of benzene rings is 1. The van der Waals surface area contributed by atoms with Crippen molar-refractivity contribution in [2.75, 3.05) is 31.5 Å². The van der Waals surface area contributed by atoms with Crippen molar-refractivity contribution in [3.8, 4) is 5.75 Å². The van der Waals surface area contributed by atoms with E-state index in [9.17, 15) is 10.2 Å². The summed E-state index contributed by atoms with van der Waals surface area (Å²) in [5.41, 5.74) is 4.01. The van der Waals surface area contributed by atoms with Gasteiger partial charge in [0.15, 0.2) is 0 Å². The molecule has 2 aromatic heterocycles. The number of aliphatic hydroxyl groups is 1. The molecule has 1 fully saturated rings. The maximum absolute atomic E-state index is 10.3. The van der Waals surface area contributed by atoms with E-state index in [1.54, 1.807) is 12.1 Å². The number of ether oxygens (including phenoxy) is 1. The Labute approximate surface area is 188 Å². The normalized spacial score (nSPS) is 19.5. The Balaban J connectivity index is 1.51. The molecule has 3 heterocycles. The van der Waals surface area contributed by atoms with Crippen molar-refractivity contribution >= 4 is 17.0 Å². The molecule has 32 heavy (non-hydrogen) atoms. The minimum absolute atomic E-state index is 0.0335. The third kappa shape index (κ3) is 5.20. The summed E-state index contributed by atoms with van der Waals surface area (Å²) in [6, 6.07) is 9.21. The molecule has 8 nitrogen and oxygen atoms in total. The molecular formula is C24H33N5O3. The van der Waals surface area contributed by atoms with Crippen LogP contribution in [0.3, 0.4) is 0 Å². The zero-order valence-electron chi connectivity index (χ0n) is 19.1. The summed E-state index contributed by atoms with van der Waals surface area (Å²) in [6.45, 7) is 10.2. The molecule has 2 atom stereocenters. The standard InChI is InChI=1S/C24H33N5O3/c1-16-5-8-23(31)21(26-16)14-29-22-11-19(15-30)6-7-20(22)27-24(29)25-9-4-10-28-12-17(2)32-18(3)13-28/h5-8,11,17-18,30-31H,4,9-10,12-15H2,1-3H3,(H,25,27)/t17-,18+. The Morgan fingerprint density at radius 2 is 1.91 bits per heavy atom. The third-order valence-corrected chi connectivity index (χ3v) is 5.82. The van der Waals surface area contributed by atoms with Crippen LogP contribution in [-0.2, 0) is 17.9 Å². The lowest BCUT2D eigenvalue weighted by atomic mass is 10.2. The fourth-order valence-electron chi connectivity index (χ4n) is 4.40. The van der Waals surface area contributed by atoms with Crippen molar-refractivity contribution in [2.24, 2.45) is 0 Å². The van der Waals surface area contributed by atoms with Crippen molar-refractivity contribution in [3.05, 3.63) is 47.3 Å². The third-order valence-electron chi connectivity index (χ3n) is 5.82. The summed E-state index contributed by atoms with van der Waals surface area (Å²) >= 11 is 0. The first-order chi connectivity index (χ1) is 15.4. The fraction of sp³-hybridized carbons (Fsp3) is 0.500. The van der Waals surface area contributed by atoms with Gasteiger partial charge in [0.2, 0.25) is 5.95 Å². The Bertz CT molecular complexity index is 1060. The molecule has 1 aliphatic rings. The minimum atomic E-state index is -0.0335. The summed E-state index contributed by atoms with van der Waals surface area (Å²) in [4.78, 5) is 11.7. The van der Waals surface area contributed by atoms with Crippen molar-refractivity contribution < 1.29 is 14.9 Å². The van der Waals surface area contributed by atoms with Crippen LogP contribution in [0.25, 0.3) is 11.0 Å². The zero-order valence-corrected chi connectivity index (χ0v) is 19.1. The number of aromatic hydroxyl groups is 1. The fourth-order valence-corrected chi connectivity index (χ4v) is 4.40. The van der Waals surface area contributed by atoms with Crippen LogP contribution in [0.5, 0.6) is 5.75 Å². The van der Waals surface area contributed by atoms with Gasteiger partial charge in [-0.25, -0.2) is 4.98 Å². The van der Waals surface area contributed by atoms with Gasteiger partial charge in [0.25, 0.3) is 0 Å². The minimum Gasteiger partial charge on any atom is -0.506 e. The number of imidazole rings is 1. The van der Waals surface area contributed by atoms with E-state index in [2.05, 4.69) is 29.0 Å². The van der Waals surface area contributed by atoms with Crippen LogP contribution >= 0.6 is 0 Å². The topological polar surface area (TPSA) is 95.7 Å². The Morgan fingerprint density at radius 1 is 1.12 bits per heavy atom. The second-order valence-electron chi connectivity index (χ2n) is 8.72. The van der Waals surface area contributed by atoms with Crippen LogP contribution in [0, 0.1) is 6.92 Å². The lowest BCUT2D eigenvalue weighted by Crippen LogP contribution is -2.45. The maximum Gasteiger partial charge on any atom is 0.204 e. The average Bonchev–Trinajstić information content (AvgIpc) is 3.09. The molecule has 0 radical (unpaired) electrons. The smallest absolute Gasteiger partial charge is 0.204 e. The number of aliphatic hydroxyl groups excluding tert-OH is 1. The highest BCUT2D eigenvalue weighted by atomic mass is 16.5. The summed E-state index contributed by atoms with van der Waals surface area (Å²) in [6.07, 6.45) is 1.52. The van der Waals surface area contributed by atoms with Crippen LogP contribution in [0.4, 0.5) is 5.95 Å². The summed E-state index contributed by atoms with van der Waals surface area (Å²) < 4.78 is 7.84. The number of rotatable bonds is 8. The number of hydrogen-bond acceptors (Lipinski definition) is 7. The molecule has 0 bridgehead atoms. The second-order valence-corrected chi connectivity index (χ2v) is 8.72. The number of nitrogens with one attached hydrogen (secondary N) is 1. The lowest BCUT2D eigenvalue weighted by Gasteiger charge is -2.35. The van der Waals surface area contributed by atoms with Gasteiger partial charge >= 0.3 is 0 Å². The Morgan fingerprint density at radius 3 is 2.66 bits per heavy atom. The molecule has 0 aliphatic carbocycles. The quantitative estimate of drug-likeness (QED) is 0.465. The first-order valence-electron chi connectivity index (χ1n) is 11.3. The number of nitrogens with zero attached hydrogens (tertiary/aromatic N) is 4. The molecule has 0 saturated carbocycles. The number of morpholine rings is 1. The Hall–Kier alpha value is -2.68. The first kappa shape index (κ1) is 22.5. The molecule has 8 heteroatoms. The summed E-state index contributed by atoms with van der Waals surface area (Å²) in [5, 5.41) is 23.4. The maximum atomic E-state index is 10.3. The molecule has 1 aliphatic heterocycles. The van der Waals surface area contributed by atoms with E-state index in [1.165, 1.54) is 0 Å². The Kier molecular flexibility index (Phi) is 6.93. The van der Waals surface area contributed by atoms with Crippen LogP contribution in [0.2, 0.25) is 0 Å².